The Morgan fingerprint density at radius 3 is 2.19 bits per heavy atom. The highest BCUT2D eigenvalue weighted by Gasteiger charge is 2.48. The fraction of sp³-hybridized carbons (Fsp3) is 0.458. The van der Waals surface area contributed by atoms with Crippen molar-refractivity contribution in [3.63, 3.8) is 0 Å². The fourth-order valence-electron chi connectivity index (χ4n) is 4.11. The van der Waals surface area contributed by atoms with Crippen molar-refractivity contribution in [3.8, 4) is 5.75 Å². The molecule has 1 aliphatic carbocycles. The summed E-state index contributed by atoms with van der Waals surface area (Å²) < 4.78 is 41.4. The normalized spacial score (nSPS) is 15.1. The number of aliphatic carboxylic acids is 1. The number of hydrogen-bond acceptors (Lipinski definition) is 3. The number of benzene rings is 2. The summed E-state index contributed by atoms with van der Waals surface area (Å²) >= 11 is 0. The van der Waals surface area contributed by atoms with Crippen LogP contribution in [0.2, 0.25) is 0 Å². The molecule has 0 atom stereocenters. The van der Waals surface area contributed by atoms with Gasteiger partial charge >= 0.3 is 12.3 Å². The van der Waals surface area contributed by atoms with Crippen molar-refractivity contribution in [3.05, 3.63) is 65.7 Å². The van der Waals surface area contributed by atoms with Crippen LogP contribution < -0.4 is 4.74 Å². The molecule has 0 bridgehead atoms. The van der Waals surface area contributed by atoms with Crippen molar-refractivity contribution >= 4 is 5.97 Å². The van der Waals surface area contributed by atoms with Crippen LogP contribution in [0.15, 0.2) is 54.6 Å². The molecule has 3 rings (SSSR count). The summed E-state index contributed by atoms with van der Waals surface area (Å²) in [4.78, 5) is 13.2. The van der Waals surface area contributed by atoms with Crippen LogP contribution in [0.3, 0.4) is 0 Å². The van der Waals surface area contributed by atoms with Gasteiger partial charge in [-0.3, -0.25) is 9.69 Å². The van der Waals surface area contributed by atoms with Gasteiger partial charge in [0.15, 0.2) is 0 Å². The van der Waals surface area contributed by atoms with Crippen molar-refractivity contribution in [1.29, 1.82) is 0 Å². The van der Waals surface area contributed by atoms with Crippen molar-refractivity contribution in [2.75, 3.05) is 13.1 Å². The topological polar surface area (TPSA) is 49.8 Å². The second-order valence-corrected chi connectivity index (χ2v) is 8.03. The van der Waals surface area contributed by atoms with E-state index in [0.29, 0.717) is 6.42 Å². The smallest absolute Gasteiger partial charge is 0.481 e. The van der Waals surface area contributed by atoms with Gasteiger partial charge in [0.1, 0.15) is 5.75 Å². The summed E-state index contributed by atoms with van der Waals surface area (Å²) in [5.74, 6) is -1.01. The Labute approximate surface area is 180 Å². The molecule has 0 aromatic heterocycles. The molecule has 0 heterocycles. The lowest BCUT2D eigenvalue weighted by molar-refractivity contribution is -0.274. The minimum absolute atomic E-state index is 0.147. The zero-order chi connectivity index (χ0) is 22.3. The van der Waals surface area contributed by atoms with Gasteiger partial charge in [-0.2, -0.15) is 0 Å². The molecule has 0 aliphatic heterocycles. The molecule has 1 N–H and O–H groups in total. The van der Waals surface area contributed by atoms with Crippen molar-refractivity contribution in [2.45, 2.75) is 56.8 Å². The van der Waals surface area contributed by atoms with Gasteiger partial charge in [-0.05, 0) is 74.9 Å². The molecule has 0 unspecified atom stereocenters. The van der Waals surface area contributed by atoms with Crippen molar-refractivity contribution in [1.82, 2.24) is 4.90 Å². The summed E-state index contributed by atoms with van der Waals surface area (Å²) in [6, 6.07) is 16.4. The van der Waals surface area contributed by atoms with Gasteiger partial charge in [-0.1, -0.05) is 42.5 Å². The number of ether oxygens (including phenoxy) is 1. The lowest BCUT2D eigenvalue weighted by atomic mass is 10.0. The van der Waals surface area contributed by atoms with E-state index in [1.165, 1.54) is 17.7 Å². The molecular weight excluding hydrogens is 407 g/mol. The monoisotopic (exact) mass is 435 g/mol. The zero-order valence-electron chi connectivity index (χ0n) is 17.4. The van der Waals surface area contributed by atoms with Crippen LogP contribution in [0.4, 0.5) is 13.2 Å². The predicted molar refractivity (Wildman–Crippen MR) is 112 cm³/mol. The molecule has 1 aliphatic rings. The maximum absolute atomic E-state index is 12.5. The summed E-state index contributed by atoms with van der Waals surface area (Å²) in [5, 5.41) is 8.90. The predicted octanol–water partition coefficient (Wildman–Crippen LogP) is 5.76. The standard InChI is InChI=1S/C24H28F3NO3/c25-24(26,27)31-21-13-11-20(12-14-21)23(15-16-23)28(17-5-4-10-22(29)30)18-6-9-19-7-2-1-3-8-19/h1-3,7-8,11-14H,4-6,9-10,15-18H2,(H,29,30). The van der Waals surface area contributed by atoms with Crippen LogP contribution in [-0.4, -0.2) is 35.4 Å². The van der Waals surface area contributed by atoms with E-state index >= 15 is 0 Å². The molecule has 0 radical (unpaired) electrons. The Kier molecular flexibility index (Phi) is 7.59. The van der Waals surface area contributed by atoms with Gasteiger partial charge in [0, 0.05) is 12.0 Å². The Balaban J connectivity index is 1.66. The number of halogens is 3. The number of carbonyl (C=O) groups is 1. The molecule has 0 saturated heterocycles. The minimum Gasteiger partial charge on any atom is -0.481 e. The second kappa shape index (κ2) is 10.2. The number of carboxylic acids is 1. The summed E-state index contributed by atoms with van der Waals surface area (Å²) in [6.07, 6.45) is 0.614. The molecule has 1 saturated carbocycles. The highest BCUT2D eigenvalue weighted by molar-refractivity contribution is 5.66. The van der Waals surface area contributed by atoms with Crippen LogP contribution in [0.5, 0.6) is 5.75 Å². The third kappa shape index (κ3) is 6.99. The highest BCUT2D eigenvalue weighted by Crippen LogP contribution is 2.51. The first kappa shape index (κ1) is 23.1. The number of rotatable bonds is 12. The lowest BCUT2D eigenvalue weighted by Crippen LogP contribution is -2.37. The van der Waals surface area contributed by atoms with E-state index in [9.17, 15) is 18.0 Å². The van der Waals surface area contributed by atoms with Crippen LogP contribution in [0, 0.1) is 0 Å². The van der Waals surface area contributed by atoms with E-state index < -0.39 is 12.3 Å². The maximum Gasteiger partial charge on any atom is 0.573 e. The van der Waals surface area contributed by atoms with Crippen LogP contribution >= 0.6 is 0 Å². The first-order valence-corrected chi connectivity index (χ1v) is 10.7. The maximum atomic E-state index is 12.5. The highest BCUT2D eigenvalue weighted by atomic mass is 19.4. The molecule has 31 heavy (non-hydrogen) atoms. The van der Waals surface area contributed by atoms with Gasteiger partial charge < -0.3 is 9.84 Å². The van der Waals surface area contributed by atoms with Gasteiger partial charge in [-0.25, -0.2) is 0 Å². The Hall–Kier alpha value is -2.54. The van der Waals surface area contributed by atoms with Gasteiger partial charge in [0.25, 0.3) is 0 Å². The SMILES string of the molecule is O=C(O)CCCCN(CCCc1ccccc1)C1(c2ccc(OC(F)(F)F)cc2)CC1. The largest absolute Gasteiger partial charge is 0.573 e. The summed E-state index contributed by atoms with van der Waals surface area (Å²) in [6.45, 7) is 1.62. The van der Waals surface area contributed by atoms with E-state index in [-0.39, 0.29) is 17.7 Å². The first-order chi connectivity index (χ1) is 14.8. The lowest BCUT2D eigenvalue weighted by Gasteiger charge is -2.33. The molecule has 2 aromatic carbocycles. The second-order valence-electron chi connectivity index (χ2n) is 8.03. The van der Waals surface area contributed by atoms with Crippen molar-refractivity contribution < 1.29 is 27.8 Å². The van der Waals surface area contributed by atoms with Crippen molar-refractivity contribution in [2.24, 2.45) is 0 Å². The van der Waals surface area contributed by atoms with Crippen LogP contribution in [0.1, 0.15) is 49.7 Å². The van der Waals surface area contributed by atoms with Crippen LogP contribution in [0.25, 0.3) is 0 Å². The molecular formula is C24H28F3NO3. The summed E-state index contributed by atoms with van der Waals surface area (Å²) in [5.41, 5.74) is 2.07. The molecule has 0 spiro atoms. The molecule has 2 aromatic rings. The number of hydrogen-bond donors (Lipinski definition) is 1. The molecule has 1 fully saturated rings. The number of carboxylic acid groups (broad SMARTS) is 1. The number of alkyl halides is 3. The molecule has 7 heteroatoms. The third-order valence-corrected chi connectivity index (χ3v) is 5.76. The van der Waals surface area contributed by atoms with E-state index in [2.05, 4.69) is 21.8 Å². The Bertz CT molecular complexity index is 833. The fourth-order valence-corrected chi connectivity index (χ4v) is 4.11. The van der Waals surface area contributed by atoms with E-state index in [1.54, 1.807) is 12.1 Å². The number of aryl methyl sites for hydroxylation is 1. The average Bonchev–Trinajstić information content (AvgIpc) is 3.51. The number of unbranched alkanes of at least 4 members (excludes halogenated alkanes) is 1. The summed E-state index contributed by atoms with van der Waals surface area (Å²) in [7, 11) is 0. The number of nitrogens with zero attached hydrogens (tertiary/aromatic N) is 1. The average molecular weight is 435 g/mol. The molecule has 168 valence electrons. The van der Waals surface area contributed by atoms with Crippen LogP contribution in [-0.2, 0) is 16.8 Å². The molecule has 0 amide bonds. The van der Waals surface area contributed by atoms with E-state index in [0.717, 1.165) is 50.8 Å². The van der Waals surface area contributed by atoms with Gasteiger partial charge in [0.2, 0.25) is 0 Å². The minimum atomic E-state index is -4.70. The Morgan fingerprint density at radius 2 is 1.61 bits per heavy atom. The Morgan fingerprint density at radius 1 is 0.968 bits per heavy atom. The first-order valence-electron chi connectivity index (χ1n) is 10.7. The quantitative estimate of drug-likeness (QED) is 0.431. The van der Waals surface area contributed by atoms with E-state index in [4.69, 9.17) is 5.11 Å². The molecule has 4 nitrogen and oxygen atoms in total. The zero-order valence-corrected chi connectivity index (χ0v) is 17.4. The van der Waals surface area contributed by atoms with E-state index in [1.807, 2.05) is 18.2 Å². The van der Waals surface area contributed by atoms with Gasteiger partial charge in [0.05, 0.1) is 0 Å². The van der Waals surface area contributed by atoms with Gasteiger partial charge in [-0.15, -0.1) is 13.2 Å². The third-order valence-electron chi connectivity index (χ3n) is 5.76.